The molecule has 0 aliphatic rings. The normalized spacial score (nSPS) is 12.8. The highest BCUT2D eigenvalue weighted by molar-refractivity contribution is 5.86. The van der Waals surface area contributed by atoms with Crippen LogP contribution in [0.4, 0.5) is 0 Å². The number of carbonyl (C=O) groups is 1. The molecule has 4 nitrogen and oxygen atoms in total. The van der Waals surface area contributed by atoms with Crippen LogP contribution < -0.4 is 10.1 Å². The first kappa shape index (κ1) is 22.5. The van der Waals surface area contributed by atoms with E-state index in [1.165, 1.54) is 17.2 Å². The average Bonchev–Trinajstić information content (AvgIpc) is 2.75. The van der Waals surface area contributed by atoms with Gasteiger partial charge in [0.05, 0.1) is 6.61 Å². The lowest BCUT2D eigenvalue weighted by Crippen LogP contribution is -2.22. The second-order valence-electron chi connectivity index (χ2n) is 7.24. The van der Waals surface area contributed by atoms with E-state index >= 15 is 0 Å². The van der Waals surface area contributed by atoms with Crippen molar-refractivity contribution in [3.05, 3.63) is 72.3 Å². The van der Waals surface area contributed by atoms with Gasteiger partial charge in [-0.3, -0.25) is 4.79 Å². The summed E-state index contributed by atoms with van der Waals surface area (Å²) >= 11 is 0. The quantitative estimate of drug-likeness (QED) is 0.366. The maximum atomic E-state index is 11.1. The second-order valence-corrected chi connectivity index (χ2v) is 7.24. The van der Waals surface area contributed by atoms with Crippen molar-refractivity contribution in [2.45, 2.75) is 51.4 Å². The van der Waals surface area contributed by atoms with Crippen molar-refractivity contribution in [1.29, 1.82) is 0 Å². The number of aromatic hydroxyl groups is 1. The zero-order valence-electron chi connectivity index (χ0n) is 17.6. The number of hydrogen-bond donors (Lipinski definition) is 2. The second kappa shape index (κ2) is 11.9. The first-order valence-corrected chi connectivity index (χ1v) is 10.5. The average molecular weight is 396 g/mol. The van der Waals surface area contributed by atoms with Gasteiger partial charge in [-0.1, -0.05) is 44.7 Å². The van der Waals surface area contributed by atoms with Gasteiger partial charge in [-0.25, -0.2) is 0 Å². The molecule has 2 unspecified atom stereocenters. The van der Waals surface area contributed by atoms with Crippen molar-refractivity contribution >= 4 is 5.91 Å². The van der Waals surface area contributed by atoms with Crippen LogP contribution in [0.5, 0.6) is 11.5 Å². The minimum atomic E-state index is -0.135. The number of ether oxygens (including phenoxy) is 1. The third-order valence-corrected chi connectivity index (χ3v) is 5.32. The van der Waals surface area contributed by atoms with Crippen molar-refractivity contribution in [2.75, 3.05) is 13.2 Å². The molecule has 2 aromatic rings. The molecule has 0 radical (unpaired) electrons. The van der Waals surface area contributed by atoms with Gasteiger partial charge >= 0.3 is 0 Å². The molecule has 0 fully saturated rings. The molecule has 2 aromatic carbocycles. The number of phenols is 1. The van der Waals surface area contributed by atoms with E-state index in [0.717, 1.165) is 31.4 Å². The van der Waals surface area contributed by atoms with Gasteiger partial charge in [0.15, 0.2) is 0 Å². The van der Waals surface area contributed by atoms with Crippen LogP contribution in [0.1, 0.15) is 62.5 Å². The van der Waals surface area contributed by atoms with Crippen LogP contribution in [-0.4, -0.2) is 24.2 Å². The fraction of sp³-hybridized carbons (Fsp3) is 0.400. The summed E-state index contributed by atoms with van der Waals surface area (Å²) in [4.78, 5) is 11.1. The van der Waals surface area contributed by atoms with Gasteiger partial charge in [0.1, 0.15) is 11.5 Å². The maximum absolute atomic E-state index is 11.1. The van der Waals surface area contributed by atoms with E-state index < -0.39 is 0 Å². The van der Waals surface area contributed by atoms with Crippen molar-refractivity contribution in [3.63, 3.8) is 0 Å². The molecule has 0 bridgehead atoms. The minimum Gasteiger partial charge on any atom is -0.508 e. The number of amides is 1. The number of unbranched alkanes of at least 4 members (excludes halogenated alkanes) is 1. The fourth-order valence-corrected chi connectivity index (χ4v) is 3.74. The minimum absolute atomic E-state index is 0.135. The highest BCUT2D eigenvalue weighted by atomic mass is 16.5. The molecule has 0 saturated carbocycles. The number of rotatable bonds is 12. The lowest BCUT2D eigenvalue weighted by Gasteiger charge is -2.26. The van der Waals surface area contributed by atoms with Crippen molar-refractivity contribution in [2.24, 2.45) is 0 Å². The molecule has 1 amide bonds. The highest BCUT2D eigenvalue weighted by Gasteiger charge is 2.22. The van der Waals surface area contributed by atoms with Crippen LogP contribution in [0.25, 0.3) is 0 Å². The Labute approximate surface area is 174 Å². The van der Waals surface area contributed by atoms with Crippen LogP contribution >= 0.6 is 0 Å². The summed E-state index contributed by atoms with van der Waals surface area (Å²) in [7, 11) is 0. The molecule has 2 rings (SSSR count). The van der Waals surface area contributed by atoms with Crippen LogP contribution in [0.2, 0.25) is 0 Å². The molecule has 0 aromatic heterocycles. The van der Waals surface area contributed by atoms with E-state index in [-0.39, 0.29) is 5.91 Å². The van der Waals surface area contributed by atoms with Gasteiger partial charge in [-0.2, -0.15) is 0 Å². The van der Waals surface area contributed by atoms with Gasteiger partial charge < -0.3 is 15.2 Å². The molecule has 0 aliphatic carbocycles. The van der Waals surface area contributed by atoms with E-state index in [1.807, 2.05) is 24.3 Å². The Morgan fingerprint density at radius 2 is 1.55 bits per heavy atom. The molecule has 2 atom stereocenters. The third kappa shape index (κ3) is 6.97. The summed E-state index contributed by atoms with van der Waals surface area (Å²) in [5, 5.41) is 12.3. The molecule has 0 saturated heterocycles. The number of benzene rings is 2. The first-order valence-electron chi connectivity index (χ1n) is 10.5. The summed E-state index contributed by atoms with van der Waals surface area (Å²) in [6.07, 6.45) is 5.14. The molecule has 2 N–H and O–H groups in total. The molecule has 0 aliphatic heterocycles. The van der Waals surface area contributed by atoms with Crippen molar-refractivity contribution in [1.82, 2.24) is 5.32 Å². The molecule has 4 heteroatoms. The zero-order valence-corrected chi connectivity index (χ0v) is 17.6. The molecular weight excluding hydrogens is 362 g/mol. The van der Waals surface area contributed by atoms with E-state index in [1.54, 1.807) is 12.1 Å². The van der Waals surface area contributed by atoms with Gasteiger partial charge in [-0.15, -0.1) is 0 Å². The van der Waals surface area contributed by atoms with Gasteiger partial charge in [0.25, 0.3) is 0 Å². The van der Waals surface area contributed by atoms with Crippen LogP contribution in [0.15, 0.2) is 61.2 Å². The van der Waals surface area contributed by atoms with E-state index in [2.05, 4.69) is 37.9 Å². The number of hydrogen-bond acceptors (Lipinski definition) is 3. The summed E-state index contributed by atoms with van der Waals surface area (Å²) in [6.45, 7) is 9.14. The molecule has 0 spiro atoms. The van der Waals surface area contributed by atoms with Crippen molar-refractivity contribution in [3.8, 4) is 11.5 Å². The third-order valence-electron chi connectivity index (χ3n) is 5.32. The summed E-state index contributed by atoms with van der Waals surface area (Å²) in [5.41, 5.74) is 2.58. The molecule has 156 valence electrons. The topological polar surface area (TPSA) is 58.6 Å². The Morgan fingerprint density at radius 3 is 2.07 bits per heavy atom. The van der Waals surface area contributed by atoms with E-state index in [9.17, 15) is 9.90 Å². The molecular formula is C25H33NO3. The number of carbonyl (C=O) groups excluding carboxylic acids is 1. The summed E-state index contributed by atoms with van der Waals surface area (Å²) < 4.78 is 5.83. The monoisotopic (exact) mass is 395 g/mol. The maximum Gasteiger partial charge on any atom is 0.243 e. The van der Waals surface area contributed by atoms with E-state index in [4.69, 9.17) is 4.74 Å². The SMILES string of the molecule is C=CC(=O)NCCCCOc1ccc(C(CC)C(CC)c2ccc(O)cc2)cc1. The van der Waals surface area contributed by atoms with Gasteiger partial charge in [-0.05, 0) is 79.0 Å². The standard InChI is InChI=1S/C25H33NO3/c1-4-23(19-9-13-21(27)14-10-19)24(5-2)20-11-15-22(16-12-20)29-18-8-7-17-26-25(28)6-3/h6,9-16,23-24,27H,3-5,7-8,17-18H2,1-2H3,(H,26,28). The zero-order chi connectivity index (χ0) is 21.1. The summed E-state index contributed by atoms with van der Waals surface area (Å²) in [5.74, 6) is 1.88. The molecule has 29 heavy (non-hydrogen) atoms. The highest BCUT2D eigenvalue weighted by Crippen LogP contribution is 2.38. The first-order chi connectivity index (χ1) is 14.1. The Balaban J connectivity index is 1.90. The Hall–Kier alpha value is -2.75. The lowest BCUT2D eigenvalue weighted by molar-refractivity contribution is -0.116. The van der Waals surface area contributed by atoms with Crippen LogP contribution in [0.3, 0.4) is 0 Å². The largest absolute Gasteiger partial charge is 0.508 e. The van der Waals surface area contributed by atoms with Gasteiger partial charge in [0, 0.05) is 6.54 Å². The Bertz CT molecular complexity index is 753. The predicted octanol–water partition coefficient (Wildman–Crippen LogP) is 5.54. The Morgan fingerprint density at radius 1 is 1.00 bits per heavy atom. The van der Waals surface area contributed by atoms with Crippen LogP contribution in [-0.2, 0) is 4.79 Å². The van der Waals surface area contributed by atoms with E-state index in [0.29, 0.717) is 30.7 Å². The Kier molecular flexibility index (Phi) is 9.29. The predicted molar refractivity (Wildman–Crippen MR) is 119 cm³/mol. The van der Waals surface area contributed by atoms with Gasteiger partial charge in [0.2, 0.25) is 5.91 Å². The number of nitrogens with one attached hydrogen (secondary N) is 1. The van der Waals surface area contributed by atoms with Crippen molar-refractivity contribution < 1.29 is 14.6 Å². The van der Waals surface area contributed by atoms with Crippen LogP contribution in [0, 0.1) is 0 Å². The molecule has 0 heterocycles. The number of phenolic OH excluding ortho intramolecular Hbond substituents is 1. The fourth-order valence-electron chi connectivity index (χ4n) is 3.74. The summed E-state index contributed by atoms with van der Waals surface area (Å²) in [6, 6.07) is 16.0. The smallest absolute Gasteiger partial charge is 0.243 e. The lowest BCUT2D eigenvalue weighted by atomic mass is 9.78.